The zero-order chi connectivity index (χ0) is 19.9. The molecular weight excluding hydrogens is 352 g/mol. The second-order valence-corrected chi connectivity index (χ2v) is 9.13. The topological polar surface area (TPSA) is 82.7 Å². The minimum Gasteiger partial charge on any atom is -0.457 e. The average molecular weight is 383 g/mol. The Hall–Kier alpha value is -2.09. The highest BCUT2D eigenvalue weighted by Gasteiger charge is 2.63. The van der Waals surface area contributed by atoms with Crippen molar-refractivity contribution in [3.05, 3.63) is 22.8 Å². The molecule has 4 atom stereocenters. The summed E-state index contributed by atoms with van der Waals surface area (Å²) in [5.74, 6) is 0.814. The molecule has 0 heterocycles. The third-order valence-electron chi connectivity index (χ3n) is 8.13. The Bertz CT molecular complexity index is 818. The lowest BCUT2D eigenvalue weighted by Crippen LogP contribution is -2.52. The second kappa shape index (κ2) is 7.06. The van der Waals surface area contributed by atoms with E-state index in [1.165, 1.54) is 11.1 Å². The summed E-state index contributed by atoms with van der Waals surface area (Å²) < 4.78 is 6.04. The van der Waals surface area contributed by atoms with Gasteiger partial charge in [0, 0.05) is 11.8 Å². The van der Waals surface area contributed by atoms with Gasteiger partial charge in [0.15, 0.2) is 0 Å². The van der Waals surface area contributed by atoms with Gasteiger partial charge in [0.1, 0.15) is 5.60 Å². The highest BCUT2D eigenvalue weighted by Crippen LogP contribution is 2.65. The van der Waals surface area contributed by atoms with Gasteiger partial charge in [0.2, 0.25) is 0 Å². The van der Waals surface area contributed by atoms with Crippen molar-refractivity contribution in [2.24, 2.45) is 22.4 Å². The number of hydrogen-bond acceptors (Lipinski definition) is 5. The molecule has 0 spiro atoms. The van der Waals surface area contributed by atoms with Crippen LogP contribution >= 0.6 is 0 Å². The van der Waals surface area contributed by atoms with Crippen LogP contribution in [-0.4, -0.2) is 22.5 Å². The van der Waals surface area contributed by atoms with Gasteiger partial charge in [-0.05, 0) is 80.4 Å². The maximum Gasteiger partial charge on any atom is 0.306 e. The molecule has 28 heavy (non-hydrogen) atoms. The van der Waals surface area contributed by atoms with Gasteiger partial charge in [-0.2, -0.15) is 5.26 Å². The quantitative estimate of drug-likeness (QED) is 0.420. The van der Waals surface area contributed by atoms with Gasteiger partial charge in [0.05, 0.1) is 18.2 Å². The summed E-state index contributed by atoms with van der Waals surface area (Å²) >= 11 is 0. The molecule has 0 saturated heterocycles. The van der Waals surface area contributed by atoms with Crippen molar-refractivity contribution < 1.29 is 14.7 Å². The number of hydrogen-bond donors (Lipinski definition) is 1. The Morgan fingerprint density at radius 1 is 1.32 bits per heavy atom. The SMILES string of the molecule is CCC(=O)O[C@@]1(CC#N)CC[C@H]2[C@@H]3CCC4=C/C(=N\O)CCC4=C3CC[C@@]21C. The van der Waals surface area contributed by atoms with Crippen LogP contribution in [0, 0.1) is 28.6 Å². The van der Waals surface area contributed by atoms with Crippen LogP contribution in [0.2, 0.25) is 0 Å². The Balaban J connectivity index is 1.69. The minimum absolute atomic E-state index is 0.129. The lowest BCUT2D eigenvalue weighted by Gasteiger charge is -2.52. The van der Waals surface area contributed by atoms with Crippen molar-refractivity contribution in [3.8, 4) is 6.07 Å². The van der Waals surface area contributed by atoms with Crippen molar-refractivity contribution >= 4 is 11.7 Å². The van der Waals surface area contributed by atoms with Gasteiger partial charge >= 0.3 is 5.97 Å². The maximum atomic E-state index is 12.2. The molecule has 2 saturated carbocycles. The molecule has 0 aromatic carbocycles. The van der Waals surface area contributed by atoms with Gasteiger partial charge in [-0.3, -0.25) is 4.79 Å². The van der Waals surface area contributed by atoms with E-state index in [1.54, 1.807) is 5.57 Å². The van der Waals surface area contributed by atoms with Crippen LogP contribution in [0.1, 0.15) is 78.1 Å². The molecule has 4 aliphatic rings. The minimum atomic E-state index is -0.630. The van der Waals surface area contributed by atoms with E-state index < -0.39 is 5.60 Å². The van der Waals surface area contributed by atoms with Crippen LogP contribution in [0.15, 0.2) is 28.0 Å². The van der Waals surface area contributed by atoms with Crippen LogP contribution in [0.4, 0.5) is 0 Å². The van der Waals surface area contributed by atoms with Crippen LogP contribution in [0.5, 0.6) is 0 Å². The predicted molar refractivity (Wildman–Crippen MR) is 106 cm³/mol. The number of nitrogens with zero attached hydrogens (tertiary/aromatic N) is 2. The van der Waals surface area contributed by atoms with Crippen LogP contribution in [-0.2, 0) is 9.53 Å². The van der Waals surface area contributed by atoms with Crippen LogP contribution in [0.25, 0.3) is 0 Å². The van der Waals surface area contributed by atoms with E-state index in [9.17, 15) is 10.1 Å². The molecular formula is C23H30N2O3. The summed E-state index contributed by atoms with van der Waals surface area (Å²) in [7, 11) is 0. The molecule has 0 aliphatic heterocycles. The first kappa shape index (κ1) is 19.2. The van der Waals surface area contributed by atoms with Crippen molar-refractivity contribution in [2.45, 2.75) is 83.7 Å². The second-order valence-electron chi connectivity index (χ2n) is 9.13. The van der Waals surface area contributed by atoms with Crippen molar-refractivity contribution in [1.82, 2.24) is 0 Å². The zero-order valence-corrected chi connectivity index (χ0v) is 17.0. The molecule has 0 aromatic rings. The van der Waals surface area contributed by atoms with Crippen LogP contribution in [0.3, 0.4) is 0 Å². The molecule has 0 aromatic heterocycles. The van der Waals surface area contributed by atoms with Gasteiger partial charge < -0.3 is 9.94 Å². The first-order valence-electron chi connectivity index (χ1n) is 10.7. The average Bonchev–Trinajstić information content (AvgIpc) is 2.99. The third-order valence-corrected chi connectivity index (χ3v) is 8.13. The van der Waals surface area contributed by atoms with E-state index in [4.69, 9.17) is 9.94 Å². The number of carbonyl (C=O) groups excluding carboxylic acids is 1. The number of ether oxygens (including phenoxy) is 1. The number of esters is 1. The molecule has 4 rings (SSSR count). The summed E-state index contributed by atoms with van der Waals surface area (Å²) in [6.45, 7) is 4.09. The number of rotatable bonds is 3. The normalized spacial score (nSPS) is 38.2. The molecule has 0 bridgehead atoms. The largest absolute Gasteiger partial charge is 0.457 e. The number of carbonyl (C=O) groups is 1. The Morgan fingerprint density at radius 3 is 2.86 bits per heavy atom. The molecule has 0 radical (unpaired) electrons. The lowest BCUT2D eigenvalue weighted by atomic mass is 9.54. The van der Waals surface area contributed by atoms with Crippen molar-refractivity contribution in [1.29, 1.82) is 5.26 Å². The first-order chi connectivity index (χ1) is 13.5. The Kier molecular flexibility index (Phi) is 4.85. The van der Waals surface area contributed by atoms with Gasteiger partial charge in [0.25, 0.3) is 0 Å². The fourth-order valence-electron chi connectivity index (χ4n) is 6.63. The number of allylic oxidation sites excluding steroid dienone is 4. The maximum absolute atomic E-state index is 12.2. The number of nitriles is 1. The number of fused-ring (bicyclic) bond motifs is 4. The predicted octanol–water partition coefficient (Wildman–Crippen LogP) is 5.06. The van der Waals surface area contributed by atoms with E-state index in [-0.39, 0.29) is 11.4 Å². The fraction of sp³-hybridized carbons (Fsp3) is 0.696. The monoisotopic (exact) mass is 382 g/mol. The summed E-state index contributed by atoms with van der Waals surface area (Å²) in [6.07, 6.45) is 10.5. The summed E-state index contributed by atoms with van der Waals surface area (Å²) in [5, 5.41) is 22.1. The molecule has 5 nitrogen and oxygen atoms in total. The standard InChI is InChI=1S/C23H30N2O3/c1-3-21(26)28-23(12-13-24)11-9-20-19-6-4-15-14-16(25-27)5-7-17(15)18(19)8-10-22(20,23)2/h14,19-20,27H,3-12H2,1-2H3/b25-16-/t19-,20+,22+,23-/m1/s1. The third kappa shape index (κ3) is 2.72. The molecule has 0 unspecified atom stereocenters. The summed E-state index contributed by atoms with van der Waals surface area (Å²) in [4.78, 5) is 12.2. The smallest absolute Gasteiger partial charge is 0.306 e. The number of oxime groups is 1. The van der Waals surface area contributed by atoms with E-state index in [2.05, 4.69) is 24.2 Å². The Labute approximate surface area is 167 Å². The molecule has 150 valence electrons. The van der Waals surface area contributed by atoms with Crippen molar-refractivity contribution in [3.63, 3.8) is 0 Å². The highest BCUT2D eigenvalue weighted by molar-refractivity contribution is 5.97. The zero-order valence-electron chi connectivity index (χ0n) is 17.0. The molecule has 5 heteroatoms. The summed E-state index contributed by atoms with van der Waals surface area (Å²) in [6, 6.07) is 2.33. The molecule has 2 fully saturated rings. The highest BCUT2D eigenvalue weighted by atomic mass is 16.6. The van der Waals surface area contributed by atoms with Crippen molar-refractivity contribution in [2.75, 3.05) is 0 Å². The van der Waals surface area contributed by atoms with Gasteiger partial charge in [-0.25, -0.2) is 0 Å². The van der Waals surface area contributed by atoms with E-state index in [0.717, 1.165) is 57.1 Å². The Morgan fingerprint density at radius 2 is 2.14 bits per heavy atom. The van der Waals surface area contributed by atoms with E-state index in [1.807, 2.05) is 6.92 Å². The van der Waals surface area contributed by atoms with E-state index >= 15 is 0 Å². The fourth-order valence-corrected chi connectivity index (χ4v) is 6.63. The summed E-state index contributed by atoms with van der Waals surface area (Å²) in [5.41, 5.74) is 4.47. The van der Waals surface area contributed by atoms with Gasteiger partial charge in [-0.15, -0.1) is 0 Å². The molecule has 0 amide bonds. The van der Waals surface area contributed by atoms with Gasteiger partial charge in [-0.1, -0.05) is 24.6 Å². The lowest BCUT2D eigenvalue weighted by molar-refractivity contribution is -0.176. The van der Waals surface area contributed by atoms with Crippen LogP contribution < -0.4 is 0 Å². The molecule has 1 N–H and O–H groups in total. The first-order valence-corrected chi connectivity index (χ1v) is 10.7. The molecule has 4 aliphatic carbocycles. The van der Waals surface area contributed by atoms with E-state index in [0.29, 0.717) is 24.7 Å².